The Morgan fingerprint density at radius 1 is 1.38 bits per heavy atom. The number of hydrogen-bond donors (Lipinski definition) is 1. The van der Waals surface area contributed by atoms with Crippen LogP contribution in [0.2, 0.25) is 0 Å². The van der Waals surface area contributed by atoms with Gasteiger partial charge in [0.05, 0.1) is 3.79 Å². The van der Waals surface area contributed by atoms with Gasteiger partial charge in [-0.1, -0.05) is 0 Å². The number of thiophene rings is 1. The second kappa shape index (κ2) is 6.50. The van der Waals surface area contributed by atoms with Gasteiger partial charge < -0.3 is 10.1 Å². The molecule has 0 aliphatic carbocycles. The highest BCUT2D eigenvalue weighted by Crippen LogP contribution is 2.32. The van der Waals surface area contributed by atoms with Crippen molar-refractivity contribution in [1.29, 1.82) is 0 Å². The highest BCUT2D eigenvalue weighted by molar-refractivity contribution is 9.13. The fourth-order valence-corrected chi connectivity index (χ4v) is 3.98. The van der Waals surface area contributed by atoms with E-state index in [4.69, 9.17) is 4.74 Å². The molecule has 1 aliphatic heterocycles. The van der Waals surface area contributed by atoms with Crippen molar-refractivity contribution < 1.29 is 4.74 Å². The normalized spacial score (nSPS) is 17.9. The van der Waals surface area contributed by atoms with Crippen molar-refractivity contribution >= 4 is 43.2 Å². The van der Waals surface area contributed by atoms with Gasteiger partial charge in [0, 0.05) is 29.1 Å². The molecule has 5 heteroatoms. The molecule has 16 heavy (non-hydrogen) atoms. The van der Waals surface area contributed by atoms with Gasteiger partial charge in [0.1, 0.15) is 0 Å². The molecule has 2 nitrogen and oxygen atoms in total. The van der Waals surface area contributed by atoms with Gasteiger partial charge >= 0.3 is 0 Å². The van der Waals surface area contributed by atoms with Gasteiger partial charge in [0.2, 0.25) is 0 Å². The van der Waals surface area contributed by atoms with Gasteiger partial charge in [-0.15, -0.1) is 11.3 Å². The molecule has 2 heterocycles. The minimum absolute atomic E-state index is 0.792. The van der Waals surface area contributed by atoms with Crippen LogP contribution in [0.1, 0.15) is 17.7 Å². The lowest BCUT2D eigenvalue weighted by atomic mass is 10.0. The van der Waals surface area contributed by atoms with E-state index in [-0.39, 0.29) is 0 Å². The van der Waals surface area contributed by atoms with Crippen molar-refractivity contribution in [1.82, 2.24) is 5.32 Å². The van der Waals surface area contributed by atoms with Crippen LogP contribution < -0.4 is 5.32 Å². The summed E-state index contributed by atoms with van der Waals surface area (Å²) < 4.78 is 7.67. The van der Waals surface area contributed by atoms with E-state index >= 15 is 0 Å². The monoisotopic (exact) mass is 367 g/mol. The lowest BCUT2D eigenvalue weighted by Gasteiger charge is -2.22. The molecule has 2 rings (SSSR count). The van der Waals surface area contributed by atoms with Gasteiger partial charge in [-0.05, 0) is 63.2 Å². The van der Waals surface area contributed by atoms with Crippen LogP contribution in [-0.4, -0.2) is 19.8 Å². The van der Waals surface area contributed by atoms with Crippen molar-refractivity contribution in [2.75, 3.05) is 19.8 Å². The number of nitrogens with one attached hydrogen (secondary N) is 1. The molecule has 0 radical (unpaired) electrons. The number of hydrogen-bond acceptors (Lipinski definition) is 3. The molecule has 1 aromatic heterocycles. The predicted octanol–water partition coefficient (Wildman–Crippen LogP) is 3.79. The summed E-state index contributed by atoms with van der Waals surface area (Å²) in [7, 11) is 0. The quantitative estimate of drug-likeness (QED) is 0.872. The minimum atomic E-state index is 0.792. The summed E-state index contributed by atoms with van der Waals surface area (Å²) in [6, 6.07) is 2.17. The molecule has 1 aromatic rings. The van der Waals surface area contributed by atoms with Crippen LogP contribution in [0.4, 0.5) is 0 Å². The average molecular weight is 369 g/mol. The van der Waals surface area contributed by atoms with Crippen molar-refractivity contribution in [3.05, 3.63) is 19.2 Å². The molecular weight excluding hydrogens is 354 g/mol. The molecular formula is C11H15Br2NOS. The van der Waals surface area contributed by atoms with E-state index < -0.39 is 0 Å². The van der Waals surface area contributed by atoms with Crippen LogP contribution in [0.5, 0.6) is 0 Å². The first-order chi connectivity index (χ1) is 7.75. The second-order valence-corrected chi connectivity index (χ2v) is 7.33. The van der Waals surface area contributed by atoms with E-state index in [1.807, 2.05) is 0 Å². The Morgan fingerprint density at radius 3 is 2.75 bits per heavy atom. The Morgan fingerprint density at radius 2 is 2.12 bits per heavy atom. The van der Waals surface area contributed by atoms with Gasteiger partial charge in [-0.3, -0.25) is 0 Å². The first-order valence-electron chi connectivity index (χ1n) is 5.48. The molecule has 0 bridgehead atoms. The Labute approximate surface area is 117 Å². The van der Waals surface area contributed by atoms with E-state index in [1.165, 1.54) is 21.5 Å². The molecule has 0 aromatic carbocycles. The van der Waals surface area contributed by atoms with Crippen molar-refractivity contribution in [3.63, 3.8) is 0 Å². The summed E-state index contributed by atoms with van der Waals surface area (Å²) >= 11 is 8.80. The van der Waals surface area contributed by atoms with Crippen molar-refractivity contribution in [3.8, 4) is 0 Å². The Hall–Kier alpha value is 0.580. The van der Waals surface area contributed by atoms with Crippen LogP contribution in [0.25, 0.3) is 0 Å². The predicted molar refractivity (Wildman–Crippen MR) is 75.0 cm³/mol. The van der Waals surface area contributed by atoms with Crippen LogP contribution in [0.3, 0.4) is 0 Å². The van der Waals surface area contributed by atoms with E-state index in [9.17, 15) is 0 Å². The zero-order chi connectivity index (χ0) is 11.4. The maximum absolute atomic E-state index is 5.35. The smallest absolute Gasteiger partial charge is 0.0843 e. The largest absolute Gasteiger partial charge is 0.381 e. The maximum atomic E-state index is 5.35. The molecule has 0 atom stereocenters. The van der Waals surface area contributed by atoms with Crippen LogP contribution in [0.15, 0.2) is 14.3 Å². The zero-order valence-electron chi connectivity index (χ0n) is 8.97. The molecule has 1 saturated heterocycles. The Bertz CT molecular complexity index is 317. The van der Waals surface area contributed by atoms with Crippen molar-refractivity contribution in [2.45, 2.75) is 19.4 Å². The molecule has 0 amide bonds. The van der Waals surface area contributed by atoms with Crippen LogP contribution in [0, 0.1) is 5.92 Å². The SMILES string of the molecule is Brc1cc(CNCC2CCOCC2)sc1Br. The summed E-state index contributed by atoms with van der Waals surface area (Å²) in [4.78, 5) is 1.37. The van der Waals surface area contributed by atoms with Crippen LogP contribution in [-0.2, 0) is 11.3 Å². The first kappa shape index (κ1) is 13.0. The highest BCUT2D eigenvalue weighted by atomic mass is 79.9. The van der Waals surface area contributed by atoms with Gasteiger partial charge in [0.15, 0.2) is 0 Å². The summed E-state index contributed by atoms with van der Waals surface area (Å²) in [5.41, 5.74) is 0. The lowest BCUT2D eigenvalue weighted by Crippen LogP contribution is -2.27. The number of rotatable bonds is 4. The summed E-state index contributed by atoms with van der Waals surface area (Å²) in [5, 5.41) is 3.53. The number of ether oxygens (including phenoxy) is 1. The average Bonchev–Trinajstić information content (AvgIpc) is 2.60. The standard InChI is InChI=1S/C11H15Br2NOS/c12-10-5-9(16-11(10)13)7-14-6-8-1-3-15-4-2-8/h5,8,14H,1-4,6-7H2. The molecule has 0 spiro atoms. The summed E-state index contributed by atoms with van der Waals surface area (Å²) in [6.45, 7) is 3.94. The lowest BCUT2D eigenvalue weighted by molar-refractivity contribution is 0.0662. The molecule has 1 N–H and O–H groups in total. The second-order valence-electron chi connectivity index (χ2n) is 4.02. The van der Waals surface area contributed by atoms with Crippen molar-refractivity contribution in [2.24, 2.45) is 5.92 Å². The third-order valence-corrected chi connectivity index (χ3v) is 6.03. The van der Waals surface area contributed by atoms with Gasteiger partial charge in [-0.25, -0.2) is 0 Å². The molecule has 1 fully saturated rings. The maximum Gasteiger partial charge on any atom is 0.0843 e. The fourth-order valence-electron chi connectivity index (χ4n) is 1.83. The molecule has 0 saturated carbocycles. The minimum Gasteiger partial charge on any atom is -0.381 e. The van der Waals surface area contributed by atoms with E-state index in [2.05, 4.69) is 43.2 Å². The van der Waals surface area contributed by atoms with E-state index in [0.29, 0.717) is 0 Å². The topological polar surface area (TPSA) is 21.3 Å². The highest BCUT2D eigenvalue weighted by Gasteiger charge is 2.13. The fraction of sp³-hybridized carbons (Fsp3) is 0.636. The zero-order valence-corrected chi connectivity index (χ0v) is 13.0. The van der Waals surface area contributed by atoms with E-state index in [1.54, 1.807) is 11.3 Å². The van der Waals surface area contributed by atoms with Crippen LogP contribution >= 0.6 is 43.2 Å². The molecule has 90 valence electrons. The van der Waals surface area contributed by atoms with E-state index in [0.717, 1.165) is 36.7 Å². The summed E-state index contributed by atoms with van der Waals surface area (Å²) in [5.74, 6) is 0.792. The Kier molecular flexibility index (Phi) is 5.29. The summed E-state index contributed by atoms with van der Waals surface area (Å²) in [6.07, 6.45) is 2.40. The third kappa shape index (κ3) is 3.81. The molecule has 1 aliphatic rings. The Balaban J connectivity index is 1.71. The van der Waals surface area contributed by atoms with Gasteiger partial charge in [-0.2, -0.15) is 0 Å². The van der Waals surface area contributed by atoms with Gasteiger partial charge in [0.25, 0.3) is 0 Å². The molecule has 0 unspecified atom stereocenters. The third-order valence-electron chi connectivity index (χ3n) is 2.77. The number of halogens is 2. The first-order valence-corrected chi connectivity index (χ1v) is 7.88.